The summed E-state index contributed by atoms with van der Waals surface area (Å²) in [6.45, 7) is 0. The lowest BCUT2D eigenvalue weighted by atomic mass is 10.2. The number of nitriles is 1. The van der Waals surface area contributed by atoms with Crippen LogP contribution in [0.5, 0.6) is 0 Å². The van der Waals surface area contributed by atoms with E-state index in [1.165, 1.54) is 18.2 Å². The number of amides is 2. The molecule has 0 bridgehead atoms. The summed E-state index contributed by atoms with van der Waals surface area (Å²) >= 11 is 0. The molecule has 5 nitrogen and oxygen atoms in total. The van der Waals surface area contributed by atoms with Crippen LogP contribution in [-0.2, 0) is 0 Å². The van der Waals surface area contributed by atoms with E-state index in [2.05, 4.69) is 10.6 Å². The fourth-order valence-electron chi connectivity index (χ4n) is 1.60. The summed E-state index contributed by atoms with van der Waals surface area (Å²) in [4.78, 5) is 11.8. The van der Waals surface area contributed by atoms with Gasteiger partial charge >= 0.3 is 6.03 Å². The quantitative estimate of drug-likeness (QED) is 0.733. The van der Waals surface area contributed by atoms with Gasteiger partial charge in [-0.15, -0.1) is 0 Å². The molecule has 6 heteroatoms. The first-order chi connectivity index (χ1) is 9.58. The van der Waals surface area contributed by atoms with Crippen molar-refractivity contribution in [3.05, 3.63) is 53.8 Å². The lowest BCUT2D eigenvalue weighted by Gasteiger charge is -2.09. The highest BCUT2D eigenvalue weighted by molar-refractivity contribution is 6.01. The normalized spacial score (nSPS) is 9.60. The van der Waals surface area contributed by atoms with Crippen molar-refractivity contribution in [2.75, 3.05) is 16.4 Å². The average molecular weight is 270 g/mol. The molecule has 100 valence electrons. The minimum absolute atomic E-state index is 0.130. The smallest absolute Gasteiger partial charge is 0.323 e. The highest BCUT2D eigenvalue weighted by Gasteiger charge is 2.06. The van der Waals surface area contributed by atoms with Gasteiger partial charge in [-0.3, -0.25) is 0 Å². The molecule has 0 fully saturated rings. The Balaban J connectivity index is 2.07. The molecule has 0 heterocycles. The fraction of sp³-hybridized carbons (Fsp3) is 0. The Morgan fingerprint density at radius 1 is 1.20 bits per heavy atom. The third-order valence-electron chi connectivity index (χ3n) is 2.51. The number of urea groups is 1. The topological polar surface area (TPSA) is 90.9 Å². The number of nitrogens with two attached hydrogens (primary N) is 1. The van der Waals surface area contributed by atoms with Gasteiger partial charge in [-0.1, -0.05) is 6.07 Å². The SMILES string of the molecule is N#Cc1cccc(NC(=O)Nc2ccc(F)cc2N)c1. The molecule has 20 heavy (non-hydrogen) atoms. The van der Waals surface area contributed by atoms with Gasteiger partial charge in [0.15, 0.2) is 0 Å². The summed E-state index contributed by atoms with van der Waals surface area (Å²) in [5.41, 5.74) is 6.93. The molecule has 2 aromatic rings. The number of carbonyl (C=O) groups is 1. The Morgan fingerprint density at radius 3 is 2.70 bits per heavy atom. The third-order valence-corrected chi connectivity index (χ3v) is 2.51. The van der Waals surface area contributed by atoms with Gasteiger partial charge < -0.3 is 16.4 Å². The molecule has 0 saturated carbocycles. The van der Waals surface area contributed by atoms with Gasteiger partial charge in [-0.25, -0.2) is 9.18 Å². The maximum atomic E-state index is 12.9. The number of rotatable bonds is 2. The van der Waals surface area contributed by atoms with Gasteiger partial charge in [0.25, 0.3) is 0 Å². The standard InChI is InChI=1S/C14H11FN4O/c15-10-4-5-13(12(17)7-10)19-14(20)18-11-3-1-2-9(6-11)8-16/h1-7H,17H2,(H2,18,19,20). The number of nitrogens with zero attached hydrogens (tertiary/aromatic N) is 1. The first-order valence-corrected chi connectivity index (χ1v) is 5.71. The van der Waals surface area contributed by atoms with Crippen molar-refractivity contribution in [2.45, 2.75) is 0 Å². The summed E-state index contributed by atoms with van der Waals surface area (Å²) in [7, 11) is 0. The minimum Gasteiger partial charge on any atom is -0.397 e. The van der Waals surface area contributed by atoms with E-state index in [-0.39, 0.29) is 5.69 Å². The van der Waals surface area contributed by atoms with Crippen molar-refractivity contribution in [3.63, 3.8) is 0 Å². The number of hydrogen-bond acceptors (Lipinski definition) is 3. The number of nitrogens with one attached hydrogen (secondary N) is 2. The van der Waals surface area contributed by atoms with Crippen LogP contribution in [0, 0.1) is 17.1 Å². The lowest BCUT2D eigenvalue weighted by molar-refractivity contribution is 0.262. The number of benzene rings is 2. The van der Waals surface area contributed by atoms with Crippen molar-refractivity contribution < 1.29 is 9.18 Å². The van der Waals surface area contributed by atoms with Crippen molar-refractivity contribution in [1.29, 1.82) is 5.26 Å². The predicted molar refractivity (Wildman–Crippen MR) is 74.6 cm³/mol. The van der Waals surface area contributed by atoms with E-state index in [4.69, 9.17) is 11.0 Å². The maximum absolute atomic E-state index is 12.9. The Labute approximate surface area is 114 Å². The van der Waals surface area contributed by atoms with Gasteiger partial charge in [0.05, 0.1) is 23.0 Å². The molecule has 0 spiro atoms. The average Bonchev–Trinajstić information content (AvgIpc) is 2.42. The molecule has 0 unspecified atom stereocenters. The van der Waals surface area contributed by atoms with Crippen LogP contribution in [0.1, 0.15) is 5.56 Å². The molecule has 0 radical (unpaired) electrons. The van der Waals surface area contributed by atoms with E-state index in [0.717, 1.165) is 6.07 Å². The van der Waals surface area contributed by atoms with Crippen LogP contribution in [0.3, 0.4) is 0 Å². The van der Waals surface area contributed by atoms with Crippen molar-refractivity contribution in [2.24, 2.45) is 0 Å². The third kappa shape index (κ3) is 3.23. The minimum atomic E-state index is -0.529. The summed E-state index contributed by atoms with van der Waals surface area (Å²) in [6, 6.07) is 11.6. The Bertz CT molecular complexity index is 694. The Hall–Kier alpha value is -3.07. The molecular weight excluding hydrogens is 259 g/mol. The second-order valence-electron chi connectivity index (χ2n) is 4.00. The molecule has 0 saturated heterocycles. The van der Waals surface area contributed by atoms with E-state index in [1.54, 1.807) is 18.2 Å². The first kappa shape index (κ1) is 13.4. The van der Waals surface area contributed by atoms with Gasteiger partial charge in [-0.2, -0.15) is 5.26 Å². The molecule has 0 aliphatic rings. The number of carbonyl (C=O) groups excluding carboxylic acids is 1. The molecular formula is C14H11FN4O. The van der Waals surface area contributed by atoms with Gasteiger partial charge in [-0.05, 0) is 36.4 Å². The maximum Gasteiger partial charge on any atom is 0.323 e. The number of hydrogen-bond donors (Lipinski definition) is 3. The molecule has 0 aliphatic carbocycles. The Morgan fingerprint density at radius 2 is 2.00 bits per heavy atom. The summed E-state index contributed by atoms with van der Waals surface area (Å²) in [5.74, 6) is -0.477. The predicted octanol–water partition coefficient (Wildman–Crippen LogP) is 2.92. The second-order valence-corrected chi connectivity index (χ2v) is 4.00. The molecule has 0 aromatic heterocycles. The number of anilines is 3. The van der Waals surface area contributed by atoms with Gasteiger partial charge in [0.2, 0.25) is 0 Å². The largest absolute Gasteiger partial charge is 0.397 e. The molecule has 4 N–H and O–H groups in total. The molecule has 2 rings (SSSR count). The molecule has 2 amide bonds. The van der Waals surface area contributed by atoms with Crippen LogP contribution in [0.2, 0.25) is 0 Å². The van der Waals surface area contributed by atoms with Crippen LogP contribution in [0.15, 0.2) is 42.5 Å². The van der Waals surface area contributed by atoms with E-state index in [1.807, 2.05) is 6.07 Å². The summed E-state index contributed by atoms with van der Waals surface area (Å²) < 4.78 is 12.9. The van der Waals surface area contributed by atoms with Crippen LogP contribution in [0.25, 0.3) is 0 Å². The van der Waals surface area contributed by atoms with E-state index < -0.39 is 11.8 Å². The summed E-state index contributed by atoms with van der Waals surface area (Å²) in [5, 5.41) is 13.8. The molecule has 0 atom stereocenters. The van der Waals surface area contributed by atoms with Crippen LogP contribution >= 0.6 is 0 Å². The highest BCUT2D eigenvalue weighted by Crippen LogP contribution is 2.19. The molecule has 0 aliphatic heterocycles. The monoisotopic (exact) mass is 270 g/mol. The van der Waals surface area contributed by atoms with E-state index in [9.17, 15) is 9.18 Å². The zero-order valence-corrected chi connectivity index (χ0v) is 10.4. The zero-order chi connectivity index (χ0) is 14.5. The lowest BCUT2D eigenvalue weighted by Crippen LogP contribution is -2.20. The van der Waals surface area contributed by atoms with Crippen molar-refractivity contribution in [1.82, 2.24) is 0 Å². The zero-order valence-electron chi connectivity index (χ0n) is 10.4. The first-order valence-electron chi connectivity index (χ1n) is 5.71. The van der Waals surface area contributed by atoms with Crippen molar-refractivity contribution >= 4 is 23.1 Å². The summed E-state index contributed by atoms with van der Waals surface area (Å²) in [6.07, 6.45) is 0. The second kappa shape index (κ2) is 5.71. The van der Waals surface area contributed by atoms with E-state index in [0.29, 0.717) is 16.9 Å². The highest BCUT2D eigenvalue weighted by atomic mass is 19.1. The number of halogens is 1. The molecule has 2 aromatic carbocycles. The van der Waals surface area contributed by atoms with E-state index >= 15 is 0 Å². The van der Waals surface area contributed by atoms with Crippen LogP contribution in [0.4, 0.5) is 26.2 Å². The fourth-order valence-corrected chi connectivity index (χ4v) is 1.60. The Kier molecular flexibility index (Phi) is 3.82. The van der Waals surface area contributed by atoms with Crippen LogP contribution in [-0.4, -0.2) is 6.03 Å². The van der Waals surface area contributed by atoms with Gasteiger partial charge in [0.1, 0.15) is 5.82 Å². The van der Waals surface area contributed by atoms with Crippen molar-refractivity contribution in [3.8, 4) is 6.07 Å². The van der Waals surface area contributed by atoms with Gasteiger partial charge in [0, 0.05) is 5.69 Å². The number of nitrogen functional groups attached to an aromatic ring is 1. The van der Waals surface area contributed by atoms with Crippen LogP contribution < -0.4 is 16.4 Å².